The minimum Gasteiger partial charge on any atom is -0.480 e. The van der Waals surface area contributed by atoms with Crippen LogP contribution in [0.4, 0.5) is 0 Å². The van der Waals surface area contributed by atoms with Crippen LogP contribution >= 0.6 is 7.82 Å². The fourth-order valence-corrected chi connectivity index (χ4v) is 6.12. The number of carboxylic acids is 1. The van der Waals surface area contributed by atoms with Crippen molar-refractivity contribution >= 4 is 25.7 Å². The van der Waals surface area contributed by atoms with E-state index in [2.05, 4.69) is 43.5 Å². The van der Waals surface area contributed by atoms with Crippen molar-refractivity contribution in [3.63, 3.8) is 0 Å². The van der Waals surface area contributed by atoms with Crippen molar-refractivity contribution in [1.82, 2.24) is 5.32 Å². The first-order valence-electron chi connectivity index (χ1n) is 19.9. The number of unbranched alkanes of at least 4 members (excludes halogenated alkanes) is 19. The van der Waals surface area contributed by atoms with Crippen LogP contribution in [0.25, 0.3) is 0 Å². The first-order valence-corrected chi connectivity index (χ1v) is 21.4. The number of hydrogen-bond acceptors (Lipinski definition) is 8. The van der Waals surface area contributed by atoms with Crippen molar-refractivity contribution in [3.05, 3.63) is 24.3 Å². The quantitative estimate of drug-likeness (QED) is 0.0208. The van der Waals surface area contributed by atoms with E-state index in [-0.39, 0.29) is 12.8 Å². The molecule has 0 saturated carbocycles. The van der Waals surface area contributed by atoms with Gasteiger partial charge in [-0.1, -0.05) is 141 Å². The Balaban J connectivity index is 3.95. The number of aliphatic hydroxyl groups is 1. The molecular weight excluding hydrogens is 673 g/mol. The number of allylic oxidation sites excluding steroid dienone is 4. The lowest BCUT2D eigenvalue weighted by molar-refractivity contribution is -0.147. The number of ether oxygens (including phenoxy) is 1. The molecule has 0 aromatic heterocycles. The number of rotatable bonds is 37. The number of carbonyl (C=O) groups is 3. The Hall–Kier alpha value is -2.04. The van der Waals surface area contributed by atoms with Gasteiger partial charge in [-0.3, -0.25) is 18.6 Å². The highest BCUT2D eigenvalue weighted by Gasteiger charge is 2.28. The van der Waals surface area contributed by atoms with Crippen LogP contribution in [0.15, 0.2) is 24.3 Å². The summed E-state index contributed by atoms with van der Waals surface area (Å²) >= 11 is 0. The number of hydrogen-bond donors (Lipinski definition) is 4. The lowest BCUT2D eigenvalue weighted by atomic mass is 10.1. The molecule has 0 spiro atoms. The molecule has 1 amide bonds. The highest BCUT2D eigenvalue weighted by molar-refractivity contribution is 7.47. The van der Waals surface area contributed by atoms with Crippen LogP contribution in [0.5, 0.6) is 0 Å². The second-order valence-corrected chi connectivity index (χ2v) is 14.9. The van der Waals surface area contributed by atoms with Gasteiger partial charge in [0.1, 0.15) is 12.7 Å². The second-order valence-electron chi connectivity index (χ2n) is 13.5. The minimum absolute atomic E-state index is 0.147. The molecule has 4 N–H and O–H groups in total. The topological polar surface area (TPSA) is 169 Å². The van der Waals surface area contributed by atoms with E-state index in [1.54, 1.807) is 0 Å². The third-order valence-corrected chi connectivity index (χ3v) is 9.44. The Labute approximate surface area is 309 Å². The molecule has 3 unspecified atom stereocenters. The van der Waals surface area contributed by atoms with Gasteiger partial charge < -0.3 is 25.2 Å². The Bertz CT molecular complexity index is 974. The third-order valence-electron chi connectivity index (χ3n) is 8.49. The molecule has 0 aromatic rings. The fraction of sp³-hybridized carbons (Fsp3) is 0.821. The lowest BCUT2D eigenvalue weighted by Crippen LogP contribution is -2.43. The first kappa shape index (κ1) is 49.0. The number of phosphoric acid groups is 1. The summed E-state index contributed by atoms with van der Waals surface area (Å²) in [5.41, 5.74) is 0. The van der Waals surface area contributed by atoms with Gasteiger partial charge in [-0.15, -0.1) is 0 Å². The van der Waals surface area contributed by atoms with Gasteiger partial charge >= 0.3 is 19.8 Å². The molecule has 0 saturated heterocycles. The van der Waals surface area contributed by atoms with Crippen molar-refractivity contribution in [1.29, 1.82) is 0 Å². The molecule has 0 aliphatic rings. The monoisotopic (exact) mass is 745 g/mol. The normalized spacial score (nSPS) is 14.1. The smallest absolute Gasteiger partial charge is 0.472 e. The van der Waals surface area contributed by atoms with E-state index in [0.717, 1.165) is 57.8 Å². The van der Waals surface area contributed by atoms with Gasteiger partial charge in [0, 0.05) is 12.8 Å². The number of esters is 1. The summed E-state index contributed by atoms with van der Waals surface area (Å²) in [6.07, 6.45) is 33.5. The first-order chi connectivity index (χ1) is 24.6. The number of nitrogens with one attached hydrogen (secondary N) is 1. The molecule has 0 fully saturated rings. The predicted octanol–water partition coefficient (Wildman–Crippen LogP) is 9.50. The number of carboxylic acid groups (broad SMARTS) is 1. The van der Waals surface area contributed by atoms with Gasteiger partial charge in [0.25, 0.3) is 0 Å². The third kappa shape index (κ3) is 34.8. The van der Waals surface area contributed by atoms with Gasteiger partial charge in [0.2, 0.25) is 5.91 Å². The summed E-state index contributed by atoms with van der Waals surface area (Å²) in [5.74, 6) is -2.39. The number of phosphoric ester groups is 1. The van der Waals surface area contributed by atoms with E-state index in [4.69, 9.17) is 13.8 Å². The molecule has 12 heteroatoms. The van der Waals surface area contributed by atoms with Gasteiger partial charge in [0.15, 0.2) is 6.04 Å². The zero-order valence-electron chi connectivity index (χ0n) is 31.9. The highest BCUT2D eigenvalue weighted by atomic mass is 31.2. The minimum atomic E-state index is -4.75. The van der Waals surface area contributed by atoms with E-state index in [0.29, 0.717) is 12.8 Å². The standard InChI is InChI=1S/C39H72NO10P/c1-3-5-7-9-11-13-15-16-17-18-19-21-23-25-27-29-31-38(43)48-32-35(41)33-49-51(46,47)50-34-36(39(44)45)40-37(42)30-28-26-24-22-20-14-12-10-8-6-4-2/h13,15,17-18,35-36,41H,3-12,14,16,19-34H2,1-2H3,(H,40,42)(H,44,45)(H,46,47)/b15-13-,18-17-. The molecule has 0 rings (SSSR count). The van der Waals surface area contributed by atoms with Crippen LogP contribution in [0.1, 0.15) is 174 Å². The number of aliphatic carboxylic acids is 1. The van der Waals surface area contributed by atoms with Crippen LogP contribution in [0.3, 0.4) is 0 Å². The molecule has 0 aliphatic heterocycles. The van der Waals surface area contributed by atoms with Crippen LogP contribution < -0.4 is 5.32 Å². The Morgan fingerprint density at radius 3 is 1.61 bits per heavy atom. The molecule has 11 nitrogen and oxygen atoms in total. The second kappa shape index (κ2) is 35.0. The van der Waals surface area contributed by atoms with Crippen LogP contribution in [0, 0.1) is 0 Å². The maximum Gasteiger partial charge on any atom is 0.472 e. The van der Waals surface area contributed by atoms with Crippen LogP contribution in [-0.4, -0.2) is 64.9 Å². The van der Waals surface area contributed by atoms with Crippen LogP contribution in [-0.2, 0) is 32.7 Å². The summed E-state index contributed by atoms with van der Waals surface area (Å²) < 4.78 is 26.7. The van der Waals surface area contributed by atoms with Crippen molar-refractivity contribution in [2.75, 3.05) is 19.8 Å². The molecule has 0 bridgehead atoms. The van der Waals surface area contributed by atoms with E-state index >= 15 is 0 Å². The van der Waals surface area contributed by atoms with Crippen molar-refractivity contribution in [2.45, 2.75) is 187 Å². The highest BCUT2D eigenvalue weighted by Crippen LogP contribution is 2.43. The van der Waals surface area contributed by atoms with E-state index in [1.165, 1.54) is 77.0 Å². The molecule has 0 aromatic carbocycles. The SMILES string of the molecule is CCCCCC/C=C\C/C=C\CCCCCCCC(=O)OCC(O)COP(=O)(O)OCC(NC(=O)CCCCCCCCCCCCC)C(=O)O. The Morgan fingerprint density at radius 1 is 0.627 bits per heavy atom. The largest absolute Gasteiger partial charge is 0.480 e. The van der Waals surface area contributed by atoms with Crippen molar-refractivity contribution in [2.24, 2.45) is 0 Å². The summed E-state index contributed by atoms with van der Waals surface area (Å²) in [7, 11) is -4.75. The van der Waals surface area contributed by atoms with Crippen molar-refractivity contribution in [3.8, 4) is 0 Å². The molecule has 51 heavy (non-hydrogen) atoms. The zero-order valence-corrected chi connectivity index (χ0v) is 32.8. The van der Waals surface area contributed by atoms with Gasteiger partial charge in [0.05, 0.1) is 13.2 Å². The van der Waals surface area contributed by atoms with E-state index in [1.807, 2.05) is 0 Å². The van der Waals surface area contributed by atoms with Crippen LogP contribution in [0.2, 0.25) is 0 Å². The Morgan fingerprint density at radius 2 is 1.08 bits per heavy atom. The summed E-state index contributed by atoms with van der Waals surface area (Å²) in [6.45, 7) is 2.53. The predicted molar refractivity (Wildman–Crippen MR) is 203 cm³/mol. The van der Waals surface area contributed by atoms with Crippen molar-refractivity contribution < 1.29 is 47.8 Å². The van der Waals surface area contributed by atoms with E-state index < -0.39 is 57.6 Å². The zero-order chi connectivity index (χ0) is 37.8. The maximum absolute atomic E-state index is 12.2. The molecule has 298 valence electrons. The van der Waals surface area contributed by atoms with Gasteiger partial charge in [-0.2, -0.15) is 0 Å². The maximum atomic E-state index is 12.2. The lowest BCUT2D eigenvalue weighted by Gasteiger charge is -2.18. The van der Waals surface area contributed by atoms with Gasteiger partial charge in [-0.05, 0) is 44.9 Å². The number of carbonyl (C=O) groups excluding carboxylic acids is 2. The summed E-state index contributed by atoms with van der Waals surface area (Å²) in [6, 6.07) is -1.54. The average molecular weight is 746 g/mol. The Kier molecular flexibility index (Phi) is 33.6. The number of aliphatic hydroxyl groups excluding tert-OH is 1. The van der Waals surface area contributed by atoms with Gasteiger partial charge in [-0.25, -0.2) is 9.36 Å². The molecule has 3 atom stereocenters. The molecule has 0 radical (unpaired) electrons. The molecule has 0 heterocycles. The molecular formula is C39H72NO10P. The average Bonchev–Trinajstić information content (AvgIpc) is 3.10. The molecule has 0 aliphatic carbocycles. The summed E-state index contributed by atoms with van der Waals surface area (Å²) in [5, 5.41) is 21.7. The fourth-order valence-electron chi connectivity index (χ4n) is 5.34. The summed E-state index contributed by atoms with van der Waals surface area (Å²) in [4.78, 5) is 45.7. The number of amides is 1. The van der Waals surface area contributed by atoms with E-state index in [9.17, 15) is 34.1 Å².